The SMILES string of the molecule is Cc1n[nH]c(C)c1CCC(=O)NCc1cccnc1N1CCCN(C)CC1. The highest BCUT2D eigenvalue weighted by molar-refractivity contribution is 5.76. The first-order chi connectivity index (χ1) is 13.0. The van der Waals surface area contributed by atoms with E-state index < -0.39 is 0 Å². The Morgan fingerprint density at radius 2 is 2.11 bits per heavy atom. The van der Waals surface area contributed by atoms with Crippen LogP contribution in [0.1, 0.15) is 35.4 Å². The minimum absolute atomic E-state index is 0.0559. The van der Waals surface area contributed by atoms with Crippen LogP contribution in [0, 0.1) is 13.8 Å². The number of aryl methyl sites for hydroxylation is 2. The molecule has 0 spiro atoms. The molecule has 0 radical (unpaired) electrons. The van der Waals surface area contributed by atoms with E-state index in [1.807, 2.05) is 26.1 Å². The maximum atomic E-state index is 12.3. The first kappa shape index (κ1) is 19.4. The Hall–Kier alpha value is -2.41. The summed E-state index contributed by atoms with van der Waals surface area (Å²) in [5.41, 5.74) is 4.23. The number of hydrogen-bond donors (Lipinski definition) is 2. The molecule has 2 aromatic rings. The Morgan fingerprint density at radius 3 is 2.89 bits per heavy atom. The third-order valence-electron chi connectivity index (χ3n) is 5.25. The lowest BCUT2D eigenvalue weighted by Gasteiger charge is -2.24. The first-order valence-corrected chi connectivity index (χ1v) is 9.69. The van der Waals surface area contributed by atoms with E-state index in [0.717, 1.165) is 60.9 Å². The van der Waals surface area contributed by atoms with Crippen LogP contribution >= 0.6 is 0 Å². The van der Waals surface area contributed by atoms with Gasteiger partial charge in [0.05, 0.1) is 5.69 Å². The van der Waals surface area contributed by atoms with Crippen molar-refractivity contribution in [3.8, 4) is 0 Å². The number of nitrogens with one attached hydrogen (secondary N) is 2. The van der Waals surface area contributed by atoms with Gasteiger partial charge in [-0.2, -0.15) is 5.10 Å². The predicted octanol–water partition coefficient (Wildman–Crippen LogP) is 1.81. The van der Waals surface area contributed by atoms with Gasteiger partial charge in [0, 0.05) is 50.1 Å². The van der Waals surface area contributed by atoms with Crippen LogP contribution in [0.5, 0.6) is 0 Å². The standard InChI is InChI=1S/C20H30N6O/c1-15-18(16(2)24-23-15)7-8-19(27)22-14-17-6-4-9-21-20(17)26-11-5-10-25(3)12-13-26/h4,6,9H,5,7-8,10-14H2,1-3H3,(H,22,27)(H,23,24). The molecule has 7 nitrogen and oxygen atoms in total. The molecular formula is C20H30N6O. The molecule has 1 amide bonds. The Morgan fingerprint density at radius 1 is 1.26 bits per heavy atom. The van der Waals surface area contributed by atoms with Gasteiger partial charge < -0.3 is 15.1 Å². The fourth-order valence-corrected chi connectivity index (χ4v) is 3.57. The zero-order chi connectivity index (χ0) is 19.2. The summed E-state index contributed by atoms with van der Waals surface area (Å²) in [6.07, 6.45) is 4.13. The number of likely N-dealkylation sites (N-methyl/N-ethyl adjacent to an activating group) is 1. The van der Waals surface area contributed by atoms with Crippen molar-refractivity contribution in [1.82, 2.24) is 25.4 Å². The van der Waals surface area contributed by atoms with Crippen molar-refractivity contribution in [3.05, 3.63) is 40.8 Å². The molecule has 146 valence electrons. The van der Waals surface area contributed by atoms with Crippen LogP contribution in [-0.4, -0.2) is 59.2 Å². The molecule has 1 aliphatic heterocycles. The number of carbonyl (C=O) groups excluding carboxylic acids is 1. The summed E-state index contributed by atoms with van der Waals surface area (Å²) in [6.45, 7) is 8.59. The van der Waals surface area contributed by atoms with Gasteiger partial charge in [-0.05, 0) is 51.9 Å². The van der Waals surface area contributed by atoms with E-state index in [0.29, 0.717) is 19.4 Å². The minimum Gasteiger partial charge on any atom is -0.355 e. The van der Waals surface area contributed by atoms with E-state index in [-0.39, 0.29) is 5.91 Å². The van der Waals surface area contributed by atoms with E-state index in [9.17, 15) is 4.79 Å². The molecule has 0 aromatic carbocycles. The van der Waals surface area contributed by atoms with Crippen LogP contribution in [0.15, 0.2) is 18.3 Å². The molecule has 0 bridgehead atoms. The second-order valence-electron chi connectivity index (χ2n) is 7.32. The van der Waals surface area contributed by atoms with Gasteiger partial charge in [0.25, 0.3) is 0 Å². The molecule has 3 heterocycles. The van der Waals surface area contributed by atoms with Crippen LogP contribution in [-0.2, 0) is 17.8 Å². The van der Waals surface area contributed by atoms with Gasteiger partial charge in [0.2, 0.25) is 5.91 Å². The van der Waals surface area contributed by atoms with Crippen molar-refractivity contribution < 1.29 is 4.79 Å². The molecule has 2 N–H and O–H groups in total. The van der Waals surface area contributed by atoms with Crippen LogP contribution in [0.3, 0.4) is 0 Å². The van der Waals surface area contributed by atoms with Crippen molar-refractivity contribution in [2.24, 2.45) is 0 Å². The number of nitrogens with zero attached hydrogens (tertiary/aromatic N) is 4. The van der Waals surface area contributed by atoms with Gasteiger partial charge in [0.15, 0.2) is 0 Å². The summed E-state index contributed by atoms with van der Waals surface area (Å²) in [6, 6.07) is 3.99. The molecule has 0 saturated carbocycles. The van der Waals surface area contributed by atoms with Gasteiger partial charge in [-0.3, -0.25) is 9.89 Å². The highest BCUT2D eigenvalue weighted by atomic mass is 16.1. The van der Waals surface area contributed by atoms with Crippen molar-refractivity contribution in [1.29, 1.82) is 0 Å². The highest BCUT2D eigenvalue weighted by Crippen LogP contribution is 2.19. The van der Waals surface area contributed by atoms with Crippen LogP contribution in [0.25, 0.3) is 0 Å². The number of hydrogen-bond acceptors (Lipinski definition) is 5. The largest absolute Gasteiger partial charge is 0.355 e. The van der Waals surface area contributed by atoms with Gasteiger partial charge in [-0.25, -0.2) is 4.98 Å². The topological polar surface area (TPSA) is 77.1 Å². The molecule has 3 rings (SSSR count). The number of H-pyrrole nitrogens is 1. The minimum atomic E-state index is 0.0559. The van der Waals surface area contributed by atoms with Crippen molar-refractivity contribution >= 4 is 11.7 Å². The second-order valence-corrected chi connectivity index (χ2v) is 7.32. The van der Waals surface area contributed by atoms with Crippen LogP contribution in [0.4, 0.5) is 5.82 Å². The number of rotatable bonds is 6. The number of aromatic amines is 1. The lowest BCUT2D eigenvalue weighted by molar-refractivity contribution is -0.121. The quantitative estimate of drug-likeness (QED) is 0.811. The Bertz CT molecular complexity index is 752. The summed E-state index contributed by atoms with van der Waals surface area (Å²) in [5.74, 6) is 1.05. The zero-order valence-electron chi connectivity index (χ0n) is 16.6. The van der Waals surface area contributed by atoms with Crippen molar-refractivity contribution in [2.45, 2.75) is 39.7 Å². The van der Waals surface area contributed by atoms with Crippen LogP contribution in [0.2, 0.25) is 0 Å². The fourth-order valence-electron chi connectivity index (χ4n) is 3.57. The fraction of sp³-hybridized carbons (Fsp3) is 0.550. The lowest BCUT2D eigenvalue weighted by Crippen LogP contribution is -2.31. The first-order valence-electron chi connectivity index (χ1n) is 9.69. The third kappa shape index (κ3) is 5.07. The van der Waals surface area contributed by atoms with Gasteiger partial charge in [0.1, 0.15) is 5.82 Å². The summed E-state index contributed by atoms with van der Waals surface area (Å²) in [4.78, 5) is 21.6. The smallest absolute Gasteiger partial charge is 0.220 e. The maximum absolute atomic E-state index is 12.3. The number of pyridine rings is 1. The molecule has 2 aromatic heterocycles. The zero-order valence-corrected chi connectivity index (χ0v) is 16.6. The Kier molecular flexibility index (Phi) is 6.45. The Balaban J connectivity index is 1.57. The Labute approximate surface area is 161 Å². The van der Waals surface area contributed by atoms with Crippen molar-refractivity contribution in [3.63, 3.8) is 0 Å². The monoisotopic (exact) mass is 370 g/mol. The van der Waals surface area contributed by atoms with Gasteiger partial charge in [-0.15, -0.1) is 0 Å². The average molecular weight is 371 g/mol. The van der Waals surface area contributed by atoms with Crippen LogP contribution < -0.4 is 10.2 Å². The van der Waals surface area contributed by atoms with Crippen molar-refractivity contribution in [2.75, 3.05) is 38.1 Å². The highest BCUT2D eigenvalue weighted by Gasteiger charge is 2.17. The van der Waals surface area contributed by atoms with Gasteiger partial charge >= 0.3 is 0 Å². The summed E-state index contributed by atoms with van der Waals surface area (Å²) in [5, 5.41) is 10.2. The summed E-state index contributed by atoms with van der Waals surface area (Å²) >= 11 is 0. The number of amides is 1. The number of anilines is 1. The molecule has 7 heteroatoms. The predicted molar refractivity (Wildman–Crippen MR) is 107 cm³/mol. The molecule has 0 aliphatic carbocycles. The second kappa shape index (κ2) is 8.99. The molecule has 1 fully saturated rings. The lowest BCUT2D eigenvalue weighted by atomic mass is 10.1. The molecule has 0 atom stereocenters. The van der Waals surface area contributed by atoms with E-state index in [4.69, 9.17) is 0 Å². The molecular weight excluding hydrogens is 340 g/mol. The average Bonchev–Trinajstić information content (AvgIpc) is 2.85. The molecule has 1 aliphatic rings. The number of carbonyl (C=O) groups is 1. The maximum Gasteiger partial charge on any atom is 0.220 e. The van der Waals surface area contributed by atoms with E-state index in [2.05, 4.69) is 43.4 Å². The van der Waals surface area contributed by atoms with E-state index >= 15 is 0 Å². The van der Waals surface area contributed by atoms with E-state index in [1.165, 1.54) is 0 Å². The summed E-state index contributed by atoms with van der Waals surface area (Å²) < 4.78 is 0. The summed E-state index contributed by atoms with van der Waals surface area (Å²) in [7, 11) is 2.16. The third-order valence-corrected chi connectivity index (χ3v) is 5.25. The van der Waals surface area contributed by atoms with Gasteiger partial charge in [-0.1, -0.05) is 6.07 Å². The normalized spacial score (nSPS) is 15.6. The molecule has 0 unspecified atom stereocenters. The molecule has 1 saturated heterocycles. The molecule has 27 heavy (non-hydrogen) atoms. The van der Waals surface area contributed by atoms with E-state index in [1.54, 1.807) is 0 Å². The number of aromatic nitrogens is 3.